The summed E-state index contributed by atoms with van der Waals surface area (Å²) in [6, 6.07) is 9.42. The molecule has 1 N–H and O–H groups in total. The maximum Gasteiger partial charge on any atom is 0.269 e. The van der Waals surface area contributed by atoms with E-state index in [0.717, 1.165) is 5.57 Å². The van der Waals surface area contributed by atoms with Crippen LogP contribution in [0.5, 0.6) is 17.2 Å². The molecule has 1 amide bonds. The van der Waals surface area contributed by atoms with Gasteiger partial charge in [-0.15, -0.1) is 10.2 Å². The standard InChI is InChI=1S/C24H26N6O6S/c1-15(2)13-29-23(17-6-8-18(9-7-17)30(32)33)27-28-24(29)37-14-21(31)26-25-12-16-10-19(34-3)22(36-5)20(11-16)35-4/h6-12H,1,13-14H2,2-5H3,(H,26,31). The van der Waals surface area contributed by atoms with Gasteiger partial charge < -0.3 is 14.2 Å². The number of allylic oxidation sites excluding steroid dienone is 1. The average molecular weight is 527 g/mol. The number of aromatic nitrogens is 3. The Hall–Kier alpha value is -4.39. The molecule has 0 aliphatic rings. The number of thioether (sulfide) groups is 1. The summed E-state index contributed by atoms with van der Waals surface area (Å²) < 4.78 is 17.7. The van der Waals surface area contributed by atoms with Crippen molar-refractivity contribution in [3.05, 3.63) is 64.2 Å². The van der Waals surface area contributed by atoms with E-state index in [2.05, 4.69) is 27.3 Å². The molecule has 37 heavy (non-hydrogen) atoms. The highest BCUT2D eigenvalue weighted by molar-refractivity contribution is 7.99. The highest BCUT2D eigenvalue weighted by atomic mass is 32.2. The fourth-order valence-electron chi connectivity index (χ4n) is 3.27. The van der Waals surface area contributed by atoms with E-state index in [0.29, 0.717) is 45.9 Å². The highest BCUT2D eigenvalue weighted by Gasteiger charge is 2.17. The minimum Gasteiger partial charge on any atom is -0.493 e. The number of hydrogen-bond donors (Lipinski definition) is 1. The predicted octanol–water partition coefficient (Wildman–Crippen LogP) is 3.70. The van der Waals surface area contributed by atoms with Crippen LogP contribution in [0.2, 0.25) is 0 Å². The number of rotatable bonds is 12. The molecule has 12 nitrogen and oxygen atoms in total. The molecule has 0 saturated carbocycles. The molecule has 3 aromatic rings. The number of carbonyl (C=O) groups is 1. The molecule has 0 atom stereocenters. The average Bonchev–Trinajstić information content (AvgIpc) is 3.28. The van der Waals surface area contributed by atoms with Gasteiger partial charge in [-0.25, -0.2) is 5.43 Å². The second-order valence-electron chi connectivity index (χ2n) is 7.69. The lowest BCUT2D eigenvalue weighted by Crippen LogP contribution is -2.20. The number of hydrazone groups is 1. The third-order valence-corrected chi connectivity index (χ3v) is 5.87. The van der Waals surface area contributed by atoms with Crippen molar-refractivity contribution in [3.8, 4) is 28.6 Å². The number of nitrogens with one attached hydrogen (secondary N) is 1. The third-order valence-electron chi connectivity index (χ3n) is 4.90. The summed E-state index contributed by atoms with van der Waals surface area (Å²) in [5, 5.41) is 23.9. The number of benzene rings is 2. The van der Waals surface area contributed by atoms with Gasteiger partial charge in [0.15, 0.2) is 22.5 Å². The fraction of sp³-hybridized carbons (Fsp3) is 0.250. The number of hydrogen-bond acceptors (Lipinski definition) is 10. The monoisotopic (exact) mass is 526 g/mol. The quantitative estimate of drug-likeness (QED) is 0.123. The van der Waals surface area contributed by atoms with Crippen LogP contribution in [-0.4, -0.2) is 58.9 Å². The van der Waals surface area contributed by atoms with Gasteiger partial charge in [0.2, 0.25) is 5.75 Å². The molecule has 0 radical (unpaired) electrons. The smallest absolute Gasteiger partial charge is 0.269 e. The van der Waals surface area contributed by atoms with Crippen LogP contribution in [0.3, 0.4) is 0 Å². The number of nitrogens with zero attached hydrogens (tertiary/aromatic N) is 5. The number of amides is 1. The summed E-state index contributed by atoms with van der Waals surface area (Å²) in [7, 11) is 4.53. The molecule has 0 bridgehead atoms. The van der Waals surface area contributed by atoms with Gasteiger partial charge in [-0.3, -0.25) is 19.5 Å². The molecular formula is C24H26N6O6S. The number of methoxy groups -OCH3 is 3. The summed E-state index contributed by atoms with van der Waals surface area (Å²) >= 11 is 1.18. The zero-order chi connectivity index (χ0) is 26.9. The molecule has 194 valence electrons. The van der Waals surface area contributed by atoms with Gasteiger partial charge in [-0.2, -0.15) is 5.10 Å². The lowest BCUT2D eigenvalue weighted by molar-refractivity contribution is -0.384. The maximum absolute atomic E-state index is 12.4. The Morgan fingerprint density at radius 1 is 1.16 bits per heavy atom. The van der Waals surface area contributed by atoms with Crippen molar-refractivity contribution < 1.29 is 23.9 Å². The molecular weight excluding hydrogens is 500 g/mol. The van der Waals surface area contributed by atoms with E-state index in [1.165, 1.54) is 51.4 Å². The van der Waals surface area contributed by atoms with Gasteiger partial charge in [-0.1, -0.05) is 23.9 Å². The highest BCUT2D eigenvalue weighted by Crippen LogP contribution is 2.37. The van der Waals surface area contributed by atoms with Gasteiger partial charge in [0.05, 0.1) is 38.2 Å². The summed E-state index contributed by atoms with van der Waals surface area (Å²) in [4.78, 5) is 22.9. The van der Waals surface area contributed by atoms with E-state index in [1.807, 2.05) is 6.92 Å². The molecule has 2 aromatic carbocycles. The second-order valence-corrected chi connectivity index (χ2v) is 8.64. The van der Waals surface area contributed by atoms with Crippen molar-refractivity contribution in [2.45, 2.75) is 18.6 Å². The molecule has 0 aliphatic heterocycles. The van der Waals surface area contributed by atoms with Gasteiger partial charge in [0, 0.05) is 29.8 Å². The van der Waals surface area contributed by atoms with Crippen LogP contribution in [0.4, 0.5) is 5.69 Å². The van der Waals surface area contributed by atoms with Crippen molar-refractivity contribution >= 4 is 29.6 Å². The minimum atomic E-state index is -0.466. The van der Waals surface area contributed by atoms with Gasteiger partial charge >= 0.3 is 0 Å². The molecule has 0 saturated heterocycles. The number of ether oxygens (including phenoxy) is 3. The zero-order valence-electron chi connectivity index (χ0n) is 20.8. The fourth-order valence-corrected chi connectivity index (χ4v) is 4.00. The van der Waals surface area contributed by atoms with Crippen LogP contribution in [0, 0.1) is 10.1 Å². The number of nitro groups is 1. The molecule has 1 heterocycles. The summed E-state index contributed by atoms with van der Waals surface area (Å²) in [6.07, 6.45) is 1.46. The largest absolute Gasteiger partial charge is 0.493 e. The van der Waals surface area contributed by atoms with Crippen LogP contribution in [0.15, 0.2) is 58.8 Å². The SMILES string of the molecule is C=C(C)Cn1c(SCC(=O)NN=Cc2cc(OC)c(OC)c(OC)c2)nnc1-c1ccc([N+](=O)[O-])cc1. The molecule has 0 spiro atoms. The number of nitro benzene ring substituents is 1. The lowest BCUT2D eigenvalue weighted by atomic mass is 10.2. The Labute approximate surface area is 217 Å². The zero-order valence-corrected chi connectivity index (χ0v) is 21.6. The van der Waals surface area contributed by atoms with E-state index in [9.17, 15) is 14.9 Å². The molecule has 13 heteroatoms. The Bertz CT molecular complexity index is 1300. The van der Waals surface area contributed by atoms with Gasteiger partial charge in [0.25, 0.3) is 11.6 Å². The number of non-ortho nitro benzene ring substituents is 1. The van der Waals surface area contributed by atoms with Crippen molar-refractivity contribution in [1.82, 2.24) is 20.2 Å². The third kappa shape index (κ3) is 6.85. The second kappa shape index (κ2) is 12.5. The van der Waals surface area contributed by atoms with Crippen molar-refractivity contribution in [2.24, 2.45) is 5.10 Å². The topological polar surface area (TPSA) is 143 Å². The van der Waals surface area contributed by atoms with Crippen molar-refractivity contribution in [2.75, 3.05) is 27.1 Å². The molecule has 1 aromatic heterocycles. The summed E-state index contributed by atoms with van der Waals surface area (Å²) in [5.41, 5.74) is 4.60. The predicted molar refractivity (Wildman–Crippen MR) is 139 cm³/mol. The first-order valence-electron chi connectivity index (χ1n) is 10.8. The number of carbonyl (C=O) groups excluding carboxylic acids is 1. The first-order valence-corrected chi connectivity index (χ1v) is 11.8. The van der Waals surface area contributed by atoms with E-state index in [4.69, 9.17) is 14.2 Å². The normalized spacial score (nSPS) is 10.8. The maximum atomic E-state index is 12.4. The van der Waals surface area contributed by atoms with E-state index >= 15 is 0 Å². The minimum absolute atomic E-state index is 0.0203. The summed E-state index contributed by atoms with van der Waals surface area (Å²) in [5.74, 6) is 1.57. The molecule has 0 fully saturated rings. The van der Waals surface area contributed by atoms with E-state index in [1.54, 1.807) is 28.8 Å². The Morgan fingerprint density at radius 2 is 1.81 bits per heavy atom. The summed E-state index contributed by atoms with van der Waals surface area (Å²) in [6.45, 7) is 6.22. The van der Waals surface area contributed by atoms with Crippen LogP contribution < -0.4 is 19.6 Å². The van der Waals surface area contributed by atoms with E-state index < -0.39 is 4.92 Å². The Morgan fingerprint density at radius 3 is 2.35 bits per heavy atom. The van der Waals surface area contributed by atoms with Gasteiger partial charge in [0.1, 0.15) is 0 Å². The van der Waals surface area contributed by atoms with Crippen LogP contribution in [0.25, 0.3) is 11.4 Å². The first-order chi connectivity index (χ1) is 17.8. The lowest BCUT2D eigenvalue weighted by Gasteiger charge is -2.12. The Balaban J connectivity index is 1.69. The molecule has 0 aliphatic carbocycles. The van der Waals surface area contributed by atoms with Crippen LogP contribution in [0.1, 0.15) is 12.5 Å². The molecule has 3 rings (SSSR count). The molecule has 0 unspecified atom stereocenters. The van der Waals surface area contributed by atoms with Crippen LogP contribution >= 0.6 is 11.8 Å². The van der Waals surface area contributed by atoms with Gasteiger partial charge in [-0.05, 0) is 31.2 Å². The Kier molecular flexibility index (Phi) is 9.21. The first kappa shape index (κ1) is 27.2. The van der Waals surface area contributed by atoms with Crippen LogP contribution in [-0.2, 0) is 11.3 Å². The van der Waals surface area contributed by atoms with E-state index in [-0.39, 0.29) is 17.3 Å². The van der Waals surface area contributed by atoms with Crippen molar-refractivity contribution in [3.63, 3.8) is 0 Å². The van der Waals surface area contributed by atoms with Crippen molar-refractivity contribution in [1.29, 1.82) is 0 Å².